The molecule has 0 bridgehead atoms. The maximum atomic E-state index is 12.6. The predicted molar refractivity (Wildman–Crippen MR) is 293 cm³/mol. The van der Waals surface area contributed by atoms with Crippen molar-refractivity contribution in [2.75, 3.05) is 33.0 Å². The normalized spacial score (nSPS) is 55.5. The van der Waals surface area contributed by atoms with Crippen LogP contribution in [-0.4, -0.2) is 297 Å². The predicted octanol–water partition coefficient (Wildman–Crippen LogP) is -5.06. The molecule has 5 heterocycles. The minimum Gasteiger partial charge on any atom is -0.479 e. The largest absolute Gasteiger partial charge is 0.479 e. The second kappa shape index (κ2) is 25.4. The molecule has 0 aromatic rings. The lowest BCUT2D eigenvalue weighted by atomic mass is 9.33. The third-order valence-electron chi connectivity index (χ3n) is 23.6. The van der Waals surface area contributed by atoms with Crippen LogP contribution in [0.25, 0.3) is 0 Å². The van der Waals surface area contributed by atoms with E-state index in [-0.39, 0.29) is 36.2 Å². The van der Waals surface area contributed by atoms with Gasteiger partial charge in [0.05, 0.1) is 51.3 Å². The molecule has 0 spiro atoms. The Morgan fingerprint density at radius 3 is 1.60 bits per heavy atom. The first-order valence-electron chi connectivity index (χ1n) is 31.0. The Kier molecular flexibility index (Phi) is 19.9. The fraction of sp³-hybridized carbons (Fsp3) is 0.949. The van der Waals surface area contributed by atoms with E-state index in [0.717, 1.165) is 0 Å². The lowest BCUT2D eigenvalue weighted by Gasteiger charge is -2.72. The highest BCUT2D eigenvalue weighted by Crippen LogP contribution is 2.76. The Morgan fingerprint density at radius 2 is 1.05 bits per heavy atom. The molecule has 0 amide bonds. The molecular formula is C59H96O29. The molecule has 9 fully saturated rings. The van der Waals surface area contributed by atoms with Crippen molar-refractivity contribution in [1.82, 2.24) is 0 Å². The van der Waals surface area contributed by atoms with Crippen molar-refractivity contribution in [3.8, 4) is 0 Å². The van der Waals surface area contributed by atoms with Gasteiger partial charge in [0.15, 0.2) is 37.6 Å². The molecule has 5 aliphatic heterocycles. The van der Waals surface area contributed by atoms with Gasteiger partial charge in [0.25, 0.3) is 0 Å². The van der Waals surface area contributed by atoms with Crippen LogP contribution < -0.4 is 0 Å². The maximum Gasteiger partial charge on any atom is 0.335 e. The number of fused-ring (bicyclic) bond motifs is 7. The highest BCUT2D eigenvalue weighted by Gasteiger charge is 2.71. The van der Waals surface area contributed by atoms with Crippen molar-refractivity contribution in [2.24, 2.45) is 50.2 Å². The van der Waals surface area contributed by atoms with Crippen LogP contribution in [0.2, 0.25) is 0 Å². The monoisotopic (exact) mass is 1270 g/mol. The van der Waals surface area contributed by atoms with Gasteiger partial charge in [0.1, 0.15) is 110 Å². The van der Waals surface area contributed by atoms with E-state index < -0.39 is 225 Å². The highest BCUT2D eigenvalue weighted by atomic mass is 16.8. The van der Waals surface area contributed by atoms with E-state index >= 15 is 0 Å². The molecule has 88 heavy (non-hydrogen) atoms. The number of aliphatic carboxylic acids is 1. The van der Waals surface area contributed by atoms with Crippen molar-refractivity contribution in [3.63, 3.8) is 0 Å². The zero-order valence-corrected chi connectivity index (χ0v) is 50.6. The van der Waals surface area contributed by atoms with Crippen molar-refractivity contribution in [2.45, 2.75) is 266 Å². The second-order valence-electron chi connectivity index (χ2n) is 28.8. The molecular weight excluding hydrogens is 1170 g/mol. The molecule has 0 aromatic carbocycles. The standard InChI is InChI=1S/C59H96O29/c1-54(2)16-23-22-8-9-29-56(4)12-11-30(83-53-45(38(72)37(71)43(85-53)48(77)78)87-52-44(36(70)33(67)27(19-62)82-52)86-51-40(74)35(69)32(66)26(18-61)81-51)57(5,21-63)28(56)10-13-59(29,7)58(22,6)15-14-55(23,3)47(46(54)76)88-49-41(75)42(24(64)20-79-49)84-50-39(73)34(68)31(65)25(17-60)80-50/h8,23-47,49-53,60-76H,9-21H2,1-7H3,(H,77,78)/t23-,24-,25+,26+,27+,28?,29?,30-,31+,32+,33+,34-,35-,36-,37-,38-,39+,40+,41+,42-,43-,44+,45+,46-,47+,49-,50?,51-,52?,53?,55+,56-,57+,58+,59+/m0/s1. The number of carboxylic acid groups (broad SMARTS) is 1. The molecule has 5 aliphatic carbocycles. The van der Waals surface area contributed by atoms with Crippen molar-refractivity contribution < 1.29 is 144 Å². The summed E-state index contributed by atoms with van der Waals surface area (Å²) >= 11 is 0. The molecule has 0 aromatic heterocycles. The van der Waals surface area contributed by atoms with Gasteiger partial charge in [-0.3, -0.25) is 0 Å². The molecule has 10 aliphatic rings. The molecule has 0 radical (unpaired) electrons. The van der Waals surface area contributed by atoms with Crippen LogP contribution in [-0.2, 0) is 52.2 Å². The lowest BCUT2D eigenvalue weighted by Crippen LogP contribution is -2.69. The van der Waals surface area contributed by atoms with Crippen molar-refractivity contribution >= 4 is 5.97 Å². The summed E-state index contributed by atoms with van der Waals surface area (Å²) in [4.78, 5) is 12.6. The topological polar surface area (TPSA) is 474 Å². The molecule has 506 valence electrons. The summed E-state index contributed by atoms with van der Waals surface area (Å²) in [5.74, 6) is -2.05. The first-order valence-corrected chi connectivity index (χ1v) is 31.0. The number of carboxylic acids is 1. The summed E-state index contributed by atoms with van der Waals surface area (Å²) in [5.41, 5.74) is -2.58. The summed E-state index contributed by atoms with van der Waals surface area (Å²) in [6.07, 6.45) is -39.2. The Balaban J connectivity index is 0.892. The number of aliphatic hydroxyl groups is 17. The molecule has 35 atom stereocenters. The first-order chi connectivity index (χ1) is 41.2. The number of carbonyl (C=O) groups is 1. The molecule has 10 rings (SSSR count). The summed E-state index contributed by atoms with van der Waals surface area (Å²) < 4.78 is 60.2. The van der Waals surface area contributed by atoms with Gasteiger partial charge in [-0.05, 0) is 90.8 Å². The van der Waals surface area contributed by atoms with Gasteiger partial charge in [-0.1, -0.05) is 60.1 Å². The minimum absolute atomic E-state index is 0.0245. The number of allylic oxidation sites excluding steroid dienone is 2. The van der Waals surface area contributed by atoms with Gasteiger partial charge < -0.3 is 139 Å². The molecule has 29 heteroatoms. The molecule has 4 saturated carbocycles. The van der Waals surface area contributed by atoms with E-state index in [2.05, 4.69) is 33.8 Å². The van der Waals surface area contributed by atoms with Crippen LogP contribution in [0, 0.1) is 50.2 Å². The zero-order valence-electron chi connectivity index (χ0n) is 50.6. The lowest BCUT2D eigenvalue weighted by molar-refractivity contribution is -0.397. The smallest absolute Gasteiger partial charge is 0.335 e. The fourth-order valence-corrected chi connectivity index (χ4v) is 17.9. The SMILES string of the molecule is CC1(C)C[C@H]2C3=CCC4[C@@]5(C)CC[C@H](OC6O[C@H](C(=O)O)[C@@H](O)[C@H](O)[C@H]6OC6O[C@H](CO)[C@@H](O)[C@H](O)[C@H]6O[C@@H]6O[C@H](CO)[C@@H](O)[C@H](O)[C@H]6O)[C@](C)(CO)C5CC[C@@]4(C)[C@]3(C)CC[C@@]2(C)[C@H](O[C@@H]2OC[C@H](O)[C@H](OC3O[C@H](CO)[C@@H](O)[C@H](O)[C@H]3O)[C@H]2O)[C@@H]1O. The average Bonchev–Trinajstić information content (AvgIpc) is 0.677. The summed E-state index contributed by atoms with van der Waals surface area (Å²) in [6.45, 7) is 11.5. The van der Waals surface area contributed by atoms with Crippen LogP contribution in [0.1, 0.15) is 99.8 Å². The Hall–Kier alpha value is -1.87. The van der Waals surface area contributed by atoms with Gasteiger partial charge >= 0.3 is 5.97 Å². The zero-order chi connectivity index (χ0) is 64.4. The van der Waals surface area contributed by atoms with Gasteiger partial charge in [-0.25, -0.2) is 4.79 Å². The van der Waals surface area contributed by atoms with Crippen LogP contribution in [0.15, 0.2) is 11.6 Å². The van der Waals surface area contributed by atoms with E-state index in [1.165, 1.54) is 5.57 Å². The number of hydrogen-bond donors (Lipinski definition) is 18. The average molecular weight is 1270 g/mol. The van der Waals surface area contributed by atoms with Gasteiger partial charge in [0.2, 0.25) is 0 Å². The third-order valence-corrected chi connectivity index (χ3v) is 23.6. The van der Waals surface area contributed by atoms with Gasteiger partial charge in [-0.2, -0.15) is 0 Å². The van der Waals surface area contributed by atoms with Crippen LogP contribution >= 0.6 is 0 Å². The van der Waals surface area contributed by atoms with E-state index in [1.807, 2.05) is 20.8 Å². The Labute approximate surface area is 509 Å². The summed E-state index contributed by atoms with van der Waals surface area (Å²) in [6, 6.07) is 0. The van der Waals surface area contributed by atoms with E-state index in [9.17, 15) is 96.7 Å². The van der Waals surface area contributed by atoms with Crippen molar-refractivity contribution in [1.29, 1.82) is 0 Å². The number of rotatable bonds is 15. The molecule has 18 N–H and O–H groups in total. The van der Waals surface area contributed by atoms with Crippen LogP contribution in [0.4, 0.5) is 0 Å². The molecule has 29 nitrogen and oxygen atoms in total. The van der Waals surface area contributed by atoms with Gasteiger partial charge in [0, 0.05) is 10.8 Å². The number of aliphatic hydroxyl groups excluding tert-OH is 17. The number of hydrogen-bond acceptors (Lipinski definition) is 28. The quantitative estimate of drug-likeness (QED) is 0.0539. The maximum absolute atomic E-state index is 12.6. The fourth-order valence-electron chi connectivity index (χ4n) is 17.9. The highest BCUT2D eigenvalue weighted by molar-refractivity contribution is 5.73. The van der Waals surface area contributed by atoms with Crippen LogP contribution in [0.3, 0.4) is 0 Å². The summed E-state index contributed by atoms with van der Waals surface area (Å²) in [5, 5.41) is 196. The second-order valence-corrected chi connectivity index (χ2v) is 28.8. The number of ether oxygens (including phenoxy) is 10. The minimum atomic E-state index is -2.17. The Morgan fingerprint density at radius 1 is 0.523 bits per heavy atom. The molecule has 5 unspecified atom stereocenters. The van der Waals surface area contributed by atoms with Gasteiger partial charge in [-0.15, -0.1) is 0 Å². The Bertz CT molecular complexity index is 2460. The van der Waals surface area contributed by atoms with Crippen LogP contribution in [0.5, 0.6) is 0 Å². The van der Waals surface area contributed by atoms with E-state index in [4.69, 9.17) is 47.4 Å². The van der Waals surface area contributed by atoms with E-state index in [0.29, 0.717) is 44.9 Å². The third kappa shape index (κ3) is 11.2. The van der Waals surface area contributed by atoms with Crippen molar-refractivity contribution in [3.05, 3.63) is 11.6 Å². The summed E-state index contributed by atoms with van der Waals surface area (Å²) in [7, 11) is 0. The first kappa shape index (κ1) is 69.0. The van der Waals surface area contributed by atoms with E-state index in [1.54, 1.807) is 0 Å². The molecule has 5 saturated heterocycles.